The van der Waals surface area contributed by atoms with Crippen molar-refractivity contribution in [2.75, 3.05) is 6.54 Å². The van der Waals surface area contributed by atoms with Crippen LogP contribution >= 0.6 is 0 Å². The molecule has 15 heavy (non-hydrogen) atoms. The van der Waals surface area contributed by atoms with Gasteiger partial charge in [-0.3, -0.25) is 9.59 Å². The zero-order valence-corrected chi connectivity index (χ0v) is 8.40. The van der Waals surface area contributed by atoms with Crippen molar-refractivity contribution in [1.29, 1.82) is 0 Å². The summed E-state index contributed by atoms with van der Waals surface area (Å²) in [6, 6.07) is 8.93. The average molecular weight is 203 g/mol. The molecule has 0 unspecified atom stereocenters. The Hall–Kier alpha value is -1.64. The van der Waals surface area contributed by atoms with Gasteiger partial charge in [-0.1, -0.05) is 18.2 Å². The number of rotatable bonds is 4. The van der Waals surface area contributed by atoms with Crippen molar-refractivity contribution in [2.45, 2.75) is 12.8 Å². The lowest BCUT2D eigenvalue weighted by molar-refractivity contribution is -0.119. The minimum absolute atomic E-state index is 0.152. The molecule has 78 valence electrons. The maximum atomic E-state index is 11.5. The molecular weight excluding hydrogens is 190 g/mol. The van der Waals surface area contributed by atoms with E-state index in [1.165, 1.54) is 0 Å². The summed E-state index contributed by atoms with van der Waals surface area (Å²) in [5, 5.41) is 2.63. The third-order valence-electron chi connectivity index (χ3n) is 2.49. The highest BCUT2D eigenvalue weighted by atomic mass is 16.2. The van der Waals surface area contributed by atoms with Crippen LogP contribution in [0.5, 0.6) is 0 Å². The van der Waals surface area contributed by atoms with Crippen molar-refractivity contribution in [2.24, 2.45) is 5.92 Å². The van der Waals surface area contributed by atoms with Gasteiger partial charge >= 0.3 is 0 Å². The average Bonchev–Trinajstić information content (AvgIpc) is 3.10. The number of Topliss-reactive ketones (excluding diaryl/α,β-unsaturated/α-hetero) is 1. The predicted molar refractivity (Wildman–Crippen MR) is 56.5 cm³/mol. The van der Waals surface area contributed by atoms with Crippen molar-refractivity contribution in [3.8, 4) is 0 Å². The minimum atomic E-state index is -0.176. The summed E-state index contributed by atoms with van der Waals surface area (Å²) < 4.78 is 0. The van der Waals surface area contributed by atoms with Gasteiger partial charge in [0.1, 0.15) is 0 Å². The number of amides is 1. The molecule has 1 saturated carbocycles. The van der Waals surface area contributed by atoms with Crippen molar-refractivity contribution in [3.05, 3.63) is 35.9 Å². The molecule has 1 amide bonds. The SMILES string of the molecule is O=C(NCC(=O)C1CC1)c1ccccc1. The van der Waals surface area contributed by atoms with Crippen LogP contribution in [-0.4, -0.2) is 18.2 Å². The quantitative estimate of drug-likeness (QED) is 0.803. The number of hydrogen-bond acceptors (Lipinski definition) is 2. The highest BCUT2D eigenvalue weighted by Gasteiger charge is 2.29. The summed E-state index contributed by atoms with van der Waals surface area (Å²) in [5.74, 6) is 0.185. The fourth-order valence-corrected chi connectivity index (χ4v) is 1.41. The fraction of sp³-hybridized carbons (Fsp3) is 0.333. The van der Waals surface area contributed by atoms with Gasteiger partial charge in [0, 0.05) is 11.5 Å². The van der Waals surface area contributed by atoms with E-state index < -0.39 is 0 Å². The normalized spacial score (nSPS) is 14.7. The monoisotopic (exact) mass is 203 g/mol. The van der Waals surface area contributed by atoms with E-state index in [4.69, 9.17) is 0 Å². The molecule has 1 fully saturated rings. The van der Waals surface area contributed by atoms with Gasteiger partial charge in [0.2, 0.25) is 0 Å². The molecule has 0 heterocycles. The molecule has 1 aliphatic carbocycles. The van der Waals surface area contributed by atoms with Gasteiger partial charge in [0.05, 0.1) is 6.54 Å². The van der Waals surface area contributed by atoms with E-state index in [0.29, 0.717) is 5.56 Å². The van der Waals surface area contributed by atoms with Crippen LogP contribution in [0.15, 0.2) is 30.3 Å². The molecular formula is C12H13NO2. The van der Waals surface area contributed by atoms with Crippen molar-refractivity contribution in [1.82, 2.24) is 5.32 Å². The highest BCUT2D eigenvalue weighted by Crippen LogP contribution is 2.29. The Bertz CT molecular complexity index is 368. The molecule has 1 N–H and O–H groups in total. The van der Waals surface area contributed by atoms with E-state index >= 15 is 0 Å². The van der Waals surface area contributed by atoms with Crippen LogP contribution in [-0.2, 0) is 4.79 Å². The van der Waals surface area contributed by atoms with E-state index in [9.17, 15) is 9.59 Å². The summed E-state index contributed by atoms with van der Waals surface area (Å²) in [7, 11) is 0. The fourth-order valence-electron chi connectivity index (χ4n) is 1.41. The zero-order valence-electron chi connectivity index (χ0n) is 8.40. The van der Waals surface area contributed by atoms with Crippen LogP contribution < -0.4 is 5.32 Å². The number of carbonyl (C=O) groups excluding carboxylic acids is 2. The number of ketones is 1. The summed E-state index contributed by atoms with van der Waals surface area (Å²) in [5.41, 5.74) is 0.598. The number of nitrogens with one attached hydrogen (secondary N) is 1. The molecule has 0 radical (unpaired) electrons. The van der Waals surface area contributed by atoms with Gasteiger partial charge in [-0.25, -0.2) is 0 Å². The van der Waals surface area contributed by atoms with Gasteiger partial charge in [0.25, 0.3) is 5.91 Å². The molecule has 3 nitrogen and oxygen atoms in total. The molecule has 2 rings (SSSR count). The van der Waals surface area contributed by atoms with Crippen LogP contribution in [0.2, 0.25) is 0 Å². The van der Waals surface area contributed by atoms with Crippen molar-refractivity contribution < 1.29 is 9.59 Å². The van der Waals surface area contributed by atoms with Crippen LogP contribution in [0.4, 0.5) is 0 Å². The maximum absolute atomic E-state index is 11.5. The molecule has 0 atom stereocenters. The largest absolute Gasteiger partial charge is 0.345 e. The second-order valence-electron chi connectivity index (χ2n) is 3.79. The first-order valence-electron chi connectivity index (χ1n) is 5.13. The van der Waals surface area contributed by atoms with E-state index in [2.05, 4.69) is 5.32 Å². The van der Waals surface area contributed by atoms with Gasteiger partial charge in [0.15, 0.2) is 5.78 Å². The summed E-state index contributed by atoms with van der Waals surface area (Å²) >= 11 is 0. The molecule has 0 aliphatic heterocycles. The van der Waals surface area contributed by atoms with Crippen LogP contribution in [0.25, 0.3) is 0 Å². The highest BCUT2D eigenvalue weighted by molar-refractivity contribution is 5.97. The molecule has 0 bridgehead atoms. The molecule has 3 heteroatoms. The Morgan fingerprint density at radius 3 is 2.47 bits per heavy atom. The Labute approximate surface area is 88.5 Å². The Morgan fingerprint density at radius 2 is 1.87 bits per heavy atom. The van der Waals surface area contributed by atoms with Gasteiger partial charge < -0.3 is 5.32 Å². The lowest BCUT2D eigenvalue weighted by Crippen LogP contribution is -2.30. The van der Waals surface area contributed by atoms with Gasteiger partial charge in [-0.2, -0.15) is 0 Å². The lowest BCUT2D eigenvalue weighted by Gasteiger charge is -2.03. The number of benzene rings is 1. The third kappa shape index (κ3) is 2.65. The van der Waals surface area contributed by atoms with Gasteiger partial charge in [-0.15, -0.1) is 0 Å². The second-order valence-corrected chi connectivity index (χ2v) is 3.79. The van der Waals surface area contributed by atoms with Crippen LogP contribution in [0, 0.1) is 5.92 Å². The Kier molecular flexibility index (Phi) is 2.81. The van der Waals surface area contributed by atoms with Crippen LogP contribution in [0.1, 0.15) is 23.2 Å². The summed E-state index contributed by atoms with van der Waals surface area (Å²) in [4.78, 5) is 22.9. The maximum Gasteiger partial charge on any atom is 0.251 e. The third-order valence-corrected chi connectivity index (χ3v) is 2.49. The molecule has 0 saturated heterocycles. The molecule has 0 aromatic heterocycles. The Morgan fingerprint density at radius 1 is 1.20 bits per heavy atom. The van der Waals surface area contributed by atoms with Gasteiger partial charge in [-0.05, 0) is 25.0 Å². The standard InChI is InChI=1S/C12H13NO2/c14-11(9-6-7-9)8-13-12(15)10-4-2-1-3-5-10/h1-5,9H,6-8H2,(H,13,15). The van der Waals surface area contributed by atoms with Crippen molar-refractivity contribution >= 4 is 11.7 Å². The van der Waals surface area contributed by atoms with E-state index in [1.807, 2.05) is 6.07 Å². The van der Waals surface area contributed by atoms with E-state index in [0.717, 1.165) is 12.8 Å². The summed E-state index contributed by atoms with van der Waals surface area (Å²) in [6.45, 7) is 0.165. The van der Waals surface area contributed by atoms with Crippen LogP contribution in [0.3, 0.4) is 0 Å². The van der Waals surface area contributed by atoms with E-state index in [1.54, 1.807) is 24.3 Å². The minimum Gasteiger partial charge on any atom is -0.345 e. The number of hydrogen-bond donors (Lipinski definition) is 1. The summed E-state index contributed by atoms with van der Waals surface area (Å²) in [6.07, 6.45) is 1.97. The smallest absolute Gasteiger partial charge is 0.251 e. The number of carbonyl (C=O) groups is 2. The Balaban J connectivity index is 1.84. The van der Waals surface area contributed by atoms with Crippen molar-refractivity contribution in [3.63, 3.8) is 0 Å². The molecule has 1 aromatic rings. The first-order valence-corrected chi connectivity index (χ1v) is 5.13. The van der Waals surface area contributed by atoms with E-state index in [-0.39, 0.29) is 24.2 Å². The predicted octanol–water partition coefficient (Wildman–Crippen LogP) is 1.40. The molecule has 0 spiro atoms. The second kappa shape index (κ2) is 4.26. The molecule has 1 aromatic carbocycles. The lowest BCUT2D eigenvalue weighted by atomic mass is 10.2. The first kappa shape index (κ1) is 9.90. The zero-order chi connectivity index (χ0) is 10.7. The first-order chi connectivity index (χ1) is 7.27. The topological polar surface area (TPSA) is 46.2 Å². The molecule has 1 aliphatic rings.